The summed E-state index contributed by atoms with van der Waals surface area (Å²) in [7, 11) is 0. The Morgan fingerprint density at radius 1 is 1.55 bits per heavy atom. The summed E-state index contributed by atoms with van der Waals surface area (Å²) in [6.45, 7) is 3.67. The van der Waals surface area contributed by atoms with Gasteiger partial charge in [0.05, 0.1) is 5.69 Å². The van der Waals surface area contributed by atoms with Gasteiger partial charge >= 0.3 is 0 Å². The van der Waals surface area contributed by atoms with Crippen molar-refractivity contribution in [3.05, 3.63) is 16.9 Å². The molecular weight excluding hydrogens is 276 g/mol. The zero-order valence-electron chi connectivity index (χ0n) is 11.5. The van der Waals surface area contributed by atoms with Crippen molar-refractivity contribution in [1.29, 1.82) is 0 Å². The molecule has 8 heteroatoms. The number of H-pyrrole nitrogens is 1. The Balaban J connectivity index is 2.26. The molecule has 0 unspecified atom stereocenters. The van der Waals surface area contributed by atoms with Crippen LogP contribution in [-0.2, 0) is 11.2 Å². The highest BCUT2D eigenvalue weighted by Crippen LogP contribution is 2.30. The van der Waals surface area contributed by atoms with Crippen LogP contribution in [0.15, 0.2) is 5.38 Å². The molecule has 108 valence electrons. The van der Waals surface area contributed by atoms with Crippen molar-refractivity contribution < 1.29 is 4.79 Å². The number of tetrazole rings is 1. The minimum Gasteiger partial charge on any atom is -0.375 e. The maximum Gasteiger partial charge on any atom is 0.180 e. The van der Waals surface area contributed by atoms with Gasteiger partial charge in [-0.15, -0.1) is 21.5 Å². The molecule has 7 nitrogen and oxygen atoms in total. The fraction of sp³-hybridized carbons (Fsp3) is 0.583. The summed E-state index contributed by atoms with van der Waals surface area (Å²) in [5.74, 6) is 0.461. The first-order valence-electron chi connectivity index (χ1n) is 6.55. The van der Waals surface area contributed by atoms with Gasteiger partial charge in [-0.25, -0.2) is 4.98 Å². The van der Waals surface area contributed by atoms with E-state index in [1.807, 2.05) is 5.38 Å². The first kappa shape index (κ1) is 14.6. The molecule has 0 saturated carbocycles. The fourth-order valence-corrected chi connectivity index (χ4v) is 2.96. The first-order valence-corrected chi connectivity index (χ1v) is 7.43. The Morgan fingerprint density at radius 2 is 2.35 bits per heavy atom. The summed E-state index contributed by atoms with van der Waals surface area (Å²) < 4.78 is 0. The Labute approximate surface area is 121 Å². The van der Waals surface area contributed by atoms with E-state index in [2.05, 4.69) is 32.5 Å². The van der Waals surface area contributed by atoms with Gasteiger partial charge < -0.3 is 5.73 Å². The molecule has 2 rings (SSSR count). The number of carbonyl (C=O) groups excluding carboxylic acids is 1. The quantitative estimate of drug-likeness (QED) is 0.802. The molecule has 0 bridgehead atoms. The molecule has 2 aromatic rings. The fourth-order valence-electron chi connectivity index (χ4n) is 2.38. The molecule has 0 radical (unpaired) electrons. The molecule has 0 aliphatic rings. The molecule has 20 heavy (non-hydrogen) atoms. The van der Waals surface area contributed by atoms with E-state index in [1.54, 1.807) is 6.92 Å². The van der Waals surface area contributed by atoms with E-state index < -0.39 is 0 Å². The Kier molecular flexibility index (Phi) is 4.78. The highest BCUT2D eigenvalue weighted by atomic mass is 32.1. The number of aromatic nitrogens is 5. The molecule has 2 atom stereocenters. The van der Waals surface area contributed by atoms with E-state index in [0.29, 0.717) is 17.4 Å². The third kappa shape index (κ3) is 3.38. The lowest BCUT2D eigenvalue weighted by molar-refractivity contribution is -0.121. The van der Waals surface area contributed by atoms with Gasteiger partial charge in [0.15, 0.2) is 11.0 Å². The van der Waals surface area contributed by atoms with Crippen LogP contribution in [0.5, 0.6) is 0 Å². The third-order valence-electron chi connectivity index (χ3n) is 3.30. The molecule has 0 aliphatic carbocycles. The summed E-state index contributed by atoms with van der Waals surface area (Å²) in [4.78, 5) is 16.2. The van der Waals surface area contributed by atoms with Crippen molar-refractivity contribution in [2.45, 2.75) is 39.0 Å². The second-order valence-electron chi connectivity index (χ2n) is 4.76. The number of nitrogens with two attached hydrogens (primary N) is 1. The number of ketones is 1. The highest BCUT2D eigenvalue weighted by molar-refractivity contribution is 7.13. The molecule has 2 heterocycles. The van der Waals surface area contributed by atoms with Crippen LogP contribution in [0.2, 0.25) is 0 Å². The van der Waals surface area contributed by atoms with Crippen molar-refractivity contribution in [2.24, 2.45) is 5.92 Å². The molecule has 0 saturated heterocycles. The number of nitrogens with zero attached hydrogens (tertiary/aromatic N) is 4. The predicted octanol–water partition coefficient (Wildman–Crippen LogP) is 1.57. The number of Topliss-reactive ketones (excluding diaryl/α,β-unsaturated/α-hetero) is 1. The zero-order chi connectivity index (χ0) is 14.5. The number of hydrogen-bond acceptors (Lipinski definition) is 7. The van der Waals surface area contributed by atoms with E-state index in [0.717, 1.165) is 18.5 Å². The van der Waals surface area contributed by atoms with Gasteiger partial charge in [-0.2, -0.15) is 5.21 Å². The number of carbonyl (C=O) groups is 1. The van der Waals surface area contributed by atoms with Crippen LogP contribution in [0.4, 0.5) is 5.13 Å². The van der Waals surface area contributed by atoms with Crippen molar-refractivity contribution in [1.82, 2.24) is 25.6 Å². The zero-order valence-corrected chi connectivity index (χ0v) is 12.4. The van der Waals surface area contributed by atoms with Gasteiger partial charge in [0, 0.05) is 23.6 Å². The summed E-state index contributed by atoms with van der Waals surface area (Å²) in [5, 5.41) is 16.6. The van der Waals surface area contributed by atoms with Crippen LogP contribution in [-0.4, -0.2) is 31.4 Å². The smallest absolute Gasteiger partial charge is 0.180 e. The minimum atomic E-state index is -0.125. The van der Waals surface area contributed by atoms with Gasteiger partial charge in [0.1, 0.15) is 5.78 Å². The highest BCUT2D eigenvalue weighted by Gasteiger charge is 2.30. The van der Waals surface area contributed by atoms with Gasteiger partial charge in [-0.05, 0) is 13.3 Å². The predicted molar refractivity (Wildman–Crippen MR) is 76.2 cm³/mol. The Bertz CT molecular complexity index is 552. The molecule has 0 spiro atoms. The van der Waals surface area contributed by atoms with Crippen LogP contribution in [0, 0.1) is 5.92 Å². The van der Waals surface area contributed by atoms with Gasteiger partial charge in [-0.1, -0.05) is 18.6 Å². The van der Waals surface area contributed by atoms with Gasteiger partial charge in [0.25, 0.3) is 0 Å². The maximum atomic E-state index is 11.9. The van der Waals surface area contributed by atoms with Crippen molar-refractivity contribution in [3.63, 3.8) is 0 Å². The van der Waals surface area contributed by atoms with Crippen molar-refractivity contribution >= 4 is 22.3 Å². The number of hydrogen-bond donors (Lipinski definition) is 2. The second-order valence-corrected chi connectivity index (χ2v) is 5.65. The minimum absolute atomic E-state index is 0.118. The first-order chi connectivity index (χ1) is 9.61. The molecule has 0 aliphatic heterocycles. The largest absolute Gasteiger partial charge is 0.375 e. The standard InChI is InChI=1S/C12H18N6OS/c1-3-4-9(7(2)19)10(11-15-17-18-16-11)5-8-6-20-12(13)14-8/h6,9-10H,3-5H2,1-2H3,(H2,13,14)(H,15,16,17,18)/t9-,10+/m1/s1. The molecule has 0 fully saturated rings. The summed E-state index contributed by atoms with van der Waals surface area (Å²) in [6.07, 6.45) is 2.32. The number of thiazole rings is 1. The Hall–Kier alpha value is -1.83. The van der Waals surface area contributed by atoms with Gasteiger partial charge in [-0.3, -0.25) is 4.79 Å². The van der Waals surface area contributed by atoms with E-state index >= 15 is 0 Å². The third-order valence-corrected chi connectivity index (χ3v) is 4.02. The number of anilines is 1. The van der Waals surface area contributed by atoms with E-state index in [1.165, 1.54) is 11.3 Å². The number of nitrogens with one attached hydrogen (secondary N) is 1. The summed E-state index contributed by atoms with van der Waals surface area (Å²) in [5.41, 5.74) is 6.52. The van der Waals surface area contributed by atoms with E-state index in [-0.39, 0.29) is 17.6 Å². The summed E-state index contributed by atoms with van der Waals surface area (Å²) in [6, 6.07) is 0. The van der Waals surface area contributed by atoms with Crippen LogP contribution in [0.1, 0.15) is 44.1 Å². The van der Waals surface area contributed by atoms with E-state index in [4.69, 9.17) is 5.73 Å². The average molecular weight is 294 g/mol. The number of rotatable bonds is 7. The number of nitrogen functional groups attached to an aromatic ring is 1. The maximum absolute atomic E-state index is 11.9. The SMILES string of the molecule is CCC[C@H](C(C)=O)[C@H](Cc1csc(N)n1)c1nn[nH]n1. The van der Waals surface area contributed by atoms with Gasteiger partial charge in [0.2, 0.25) is 0 Å². The number of aromatic amines is 1. The lowest BCUT2D eigenvalue weighted by atomic mass is 9.82. The monoisotopic (exact) mass is 294 g/mol. The van der Waals surface area contributed by atoms with Crippen LogP contribution >= 0.6 is 11.3 Å². The molecule has 0 aromatic carbocycles. The average Bonchev–Trinajstić information content (AvgIpc) is 3.04. The van der Waals surface area contributed by atoms with Crippen molar-refractivity contribution in [2.75, 3.05) is 5.73 Å². The van der Waals surface area contributed by atoms with E-state index in [9.17, 15) is 4.79 Å². The molecular formula is C12H18N6OS. The second kappa shape index (κ2) is 6.56. The molecule has 0 amide bonds. The Morgan fingerprint density at radius 3 is 2.85 bits per heavy atom. The van der Waals surface area contributed by atoms with Crippen LogP contribution in [0.25, 0.3) is 0 Å². The topological polar surface area (TPSA) is 110 Å². The summed E-state index contributed by atoms with van der Waals surface area (Å²) >= 11 is 1.39. The van der Waals surface area contributed by atoms with Crippen molar-refractivity contribution in [3.8, 4) is 0 Å². The normalized spacial score (nSPS) is 14.1. The lowest BCUT2D eigenvalue weighted by Gasteiger charge is -2.21. The molecule has 3 N–H and O–H groups in total. The molecule has 2 aromatic heterocycles. The van der Waals surface area contributed by atoms with Crippen LogP contribution in [0.3, 0.4) is 0 Å². The van der Waals surface area contributed by atoms with Crippen LogP contribution < -0.4 is 5.73 Å². The lowest BCUT2D eigenvalue weighted by Crippen LogP contribution is -2.23.